The smallest absolute Gasteiger partial charge is 0.0163 e. The van der Waals surface area contributed by atoms with Crippen LogP contribution in [0.2, 0.25) is 0 Å². The van der Waals surface area contributed by atoms with Crippen molar-refractivity contribution in [3.05, 3.63) is 143 Å². The summed E-state index contributed by atoms with van der Waals surface area (Å²) in [5.41, 5.74) is 13.7. The van der Waals surface area contributed by atoms with E-state index in [1.807, 2.05) is 18.5 Å². The van der Waals surface area contributed by atoms with Crippen LogP contribution >= 0.6 is 0 Å². The van der Waals surface area contributed by atoms with Crippen molar-refractivity contribution in [1.82, 2.24) is 9.97 Å². The number of pyridine rings is 2. The van der Waals surface area contributed by atoms with Gasteiger partial charge in [-0.2, -0.15) is 0 Å². The van der Waals surface area contributed by atoms with Gasteiger partial charge < -0.3 is 9.97 Å². The summed E-state index contributed by atoms with van der Waals surface area (Å²) in [6.07, 6.45) is 3.81. The molecule has 0 saturated carbocycles. The molecule has 0 atom stereocenters. The van der Waals surface area contributed by atoms with Crippen LogP contribution in [0.4, 0.5) is 0 Å². The fourth-order valence-corrected chi connectivity index (χ4v) is 6.76. The van der Waals surface area contributed by atoms with Crippen LogP contribution < -0.4 is 0 Å². The molecular formula is C46H48IrN2-2. The van der Waals surface area contributed by atoms with Crippen molar-refractivity contribution in [2.24, 2.45) is 0 Å². The van der Waals surface area contributed by atoms with Crippen LogP contribution in [0.15, 0.2) is 103 Å². The van der Waals surface area contributed by atoms with Gasteiger partial charge in [-0.3, -0.25) is 0 Å². The van der Waals surface area contributed by atoms with Crippen molar-refractivity contribution in [3.63, 3.8) is 0 Å². The first-order valence-electron chi connectivity index (χ1n) is 17.2. The van der Waals surface area contributed by atoms with E-state index < -0.39 is 0 Å². The molecular weight excluding hydrogens is 773 g/mol. The van der Waals surface area contributed by atoms with Gasteiger partial charge in [0.25, 0.3) is 0 Å². The van der Waals surface area contributed by atoms with Gasteiger partial charge in [0.15, 0.2) is 0 Å². The molecule has 7 rings (SSSR count). The molecule has 0 aliphatic heterocycles. The van der Waals surface area contributed by atoms with Gasteiger partial charge in [0.05, 0.1) is 0 Å². The first-order valence-corrected chi connectivity index (χ1v) is 17.2. The van der Waals surface area contributed by atoms with Crippen molar-refractivity contribution in [2.75, 3.05) is 0 Å². The van der Waals surface area contributed by atoms with Crippen LogP contribution in [0.3, 0.4) is 0 Å². The standard InChI is InChI=1S/C27H24N.C19H24N.Ir/c1-17(2)19-13-14-28-25(16-19)20-10-11-22-23-12-9-18-7-5-6-8-21(18)26(23)27(3,4)24(22)15-20;1-18(2,3)15-9-7-8-14(12-15)17-13-16(10-11-20-17)19(4,5)6;/h5-9,11-17H,1-4H3;7,9-13H,1-6H3;/q2*-1;. The zero-order valence-electron chi connectivity index (χ0n) is 30.6. The molecule has 4 aromatic carbocycles. The van der Waals surface area contributed by atoms with E-state index in [4.69, 9.17) is 0 Å². The van der Waals surface area contributed by atoms with Gasteiger partial charge in [-0.1, -0.05) is 134 Å². The average Bonchev–Trinajstić information content (AvgIpc) is 3.30. The number of hydrogen-bond acceptors (Lipinski definition) is 2. The van der Waals surface area contributed by atoms with E-state index in [0.717, 1.165) is 22.5 Å². The first kappa shape index (κ1) is 36.4. The number of fused-ring (bicyclic) bond motifs is 5. The third-order valence-electron chi connectivity index (χ3n) is 9.76. The molecule has 2 heterocycles. The molecule has 0 unspecified atom stereocenters. The second kappa shape index (κ2) is 13.8. The quantitative estimate of drug-likeness (QED) is 0.166. The summed E-state index contributed by atoms with van der Waals surface area (Å²) in [5.74, 6) is 0.489. The Morgan fingerprint density at radius 2 is 1.29 bits per heavy atom. The Labute approximate surface area is 307 Å². The first-order chi connectivity index (χ1) is 22.6. The van der Waals surface area contributed by atoms with E-state index >= 15 is 0 Å². The summed E-state index contributed by atoms with van der Waals surface area (Å²) >= 11 is 0. The molecule has 1 aliphatic carbocycles. The Morgan fingerprint density at radius 3 is 1.98 bits per heavy atom. The topological polar surface area (TPSA) is 25.8 Å². The molecule has 3 heteroatoms. The third-order valence-corrected chi connectivity index (χ3v) is 9.76. The number of rotatable bonds is 3. The van der Waals surface area contributed by atoms with E-state index in [1.54, 1.807) is 0 Å². The summed E-state index contributed by atoms with van der Waals surface area (Å²) < 4.78 is 0. The molecule has 0 spiro atoms. The maximum absolute atomic E-state index is 4.63. The summed E-state index contributed by atoms with van der Waals surface area (Å²) in [5, 5.41) is 2.65. The largest absolute Gasteiger partial charge is 0.305 e. The molecule has 0 N–H and O–H groups in total. The summed E-state index contributed by atoms with van der Waals surface area (Å²) in [7, 11) is 0. The van der Waals surface area contributed by atoms with Crippen molar-refractivity contribution in [1.29, 1.82) is 0 Å². The van der Waals surface area contributed by atoms with Crippen molar-refractivity contribution >= 4 is 10.8 Å². The Balaban J connectivity index is 0.000000199. The minimum Gasteiger partial charge on any atom is -0.305 e. The molecule has 0 fully saturated rings. The Hall–Kier alpha value is -3.91. The van der Waals surface area contributed by atoms with Gasteiger partial charge in [-0.15, -0.1) is 64.7 Å². The monoisotopic (exact) mass is 821 g/mol. The fourth-order valence-electron chi connectivity index (χ4n) is 6.76. The second-order valence-corrected chi connectivity index (χ2v) is 16.1. The van der Waals surface area contributed by atoms with Crippen LogP contribution in [0.25, 0.3) is 44.4 Å². The minimum absolute atomic E-state index is 0. The Bertz CT molecular complexity index is 2050. The molecule has 6 aromatic rings. The molecule has 49 heavy (non-hydrogen) atoms. The maximum Gasteiger partial charge on any atom is 0.0163 e. The minimum atomic E-state index is -0.0506. The number of nitrogens with zero attached hydrogens (tertiary/aromatic N) is 2. The number of benzene rings is 4. The zero-order chi connectivity index (χ0) is 34.4. The van der Waals surface area contributed by atoms with Gasteiger partial charge in [0.1, 0.15) is 0 Å². The van der Waals surface area contributed by atoms with Crippen LogP contribution in [0, 0.1) is 12.1 Å². The molecule has 2 nitrogen and oxygen atoms in total. The molecule has 1 aliphatic rings. The van der Waals surface area contributed by atoms with Gasteiger partial charge >= 0.3 is 0 Å². The van der Waals surface area contributed by atoms with Gasteiger partial charge in [-0.25, -0.2) is 0 Å². The van der Waals surface area contributed by atoms with E-state index in [-0.39, 0.29) is 36.4 Å². The summed E-state index contributed by atoms with van der Waals surface area (Å²) in [6.45, 7) is 22.5. The van der Waals surface area contributed by atoms with Crippen molar-refractivity contribution < 1.29 is 20.1 Å². The van der Waals surface area contributed by atoms with E-state index in [0.29, 0.717) is 5.92 Å². The van der Waals surface area contributed by atoms with E-state index in [1.165, 1.54) is 49.7 Å². The number of aromatic nitrogens is 2. The number of hydrogen-bond donors (Lipinski definition) is 0. The predicted octanol–water partition coefficient (Wildman–Crippen LogP) is 12.3. The average molecular weight is 821 g/mol. The maximum atomic E-state index is 4.63. The SMILES string of the molecule is CC(C)(C)c1cc[c-]c(-c2cc(C(C)(C)C)ccn2)c1.CC(C)c1ccnc(-c2[c-]cc3c(c2)C(C)(C)c2c-3ccc3ccccc23)c1.[Ir]. The van der Waals surface area contributed by atoms with E-state index in [9.17, 15) is 0 Å². The van der Waals surface area contributed by atoms with Gasteiger partial charge in [0.2, 0.25) is 0 Å². The van der Waals surface area contributed by atoms with Crippen LogP contribution in [-0.2, 0) is 36.4 Å². The van der Waals surface area contributed by atoms with Crippen LogP contribution in [0.1, 0.15) is 103 Å². The van der Waals surface area contributed by atoms with Crippen molar-refractivity contribution in [2.45, 2.75) is 91.4 Å². The molecule has 253 valence electrons. The predicted molar refractivity (Wildman–Crippen MR) is 204 cm³/mol. The Kier molecular flexibility index (Phi) is 10.2. The second-order valence-electron chi connectivity index (χ2n) is 16.1. The van der Waals surface area contributed by atoms with Crippen molar-refractivity contribution in [3.8, 4) is 33.6 Å². The summed E-state index contributed by atoms with van der Waals surface area (Å²) in [6, 6.07) is 39.4. The van der Waals surface area contributed by atoms with Gasteiger partial charge in [-0.05, 0) is 67.6 Å². The molecule has 0 saturated heterocycles. The zero-order valence-corrected chi connectivity index (χ0v) is 33.0. The molecule has 0 bridgehead atoms. The van der Waals surface area contributed by atoms with Crippen LogP contribution in [0.5, 0.6) is 0 Å². The Morgan fingerprint density at radius 1 is 0.653 bits per heavy atom. The van der Waals surface area contributed by atoms with E-state index in [2.05, 4.69) is 176 Å². The fraction of sp³-hybridized carbons (Fsp3) is 0.304. The molecule has 1 radical (unpaired) electrons. The molecule has 2 aromatic heterocycles. The summed E-state index contributed by atoms with van der Waals surface area (Å²) in [4.78, 5) is 9.15. The molecule has 0 amide bonds. The van der Waals surface area contributed by atoms with Gasteiger partial charge in [0, 0.05) is 32.5 Å². The normalized spacial score (nSPS) is 13.3. The van der Waals surface area contributed by atoms with Crippen LogP contribution in [-0.4, -0.2) is 9.97 Å². The third kappa shape index (κ3) is 7.35.